The Bertz CT molecular complexity index is 1590. The number of rotatable bonds is 7. The number of furan rings is 1. The van der Waals surface area contributed by atoms with Crippen molar-refractivity contribution in [2.75, 3.05) is 28.4 Å². The van der Waals surface area contributed by atoms with Gasteiger partial charge in [-0.15, -0.1) is 0 Å². The number of para-hydroxylation sites is 1. The monoisotopic (exact) mass is 516 g/mol. The molecule has 9 nitrogen and oxygen atoms in total. The smallest absolute Gasteiger partial charge is 0.379 e. The number of fused-ring (bicyclic) bond motifs is 2. The molecule has 0 spiro atoms. The first kappa shape index (κ1) is 24.8. The predicted molar refractivity (Wildman–Crippen MR) is 138 cm³/mol. The second-order valence-corrected chi connectivity index (χ2v) is 8.39. The fraction of sp³-hybridized carbons (Fsp3) is 0.172. The number of Topliss-reactive ketones (excluding diaryl/α,β-unsaturated/α-hetero) is 1. The molecule has 5 rings (SSSR count). The SMILES string of the molecule is COc1cc(/C=C2\Oc3cc(OC(=O)c4cc5cccc(OC)c5o4)cc(C)c3C2=O)cc(OC)c1OC. The fourth-order valence-corrected chi connectivity index (χ4v) is 4.33. The van der Waals surface area contributed by atoms with Gasteiger partial charge in [0.05, 0.1) is 34.0 Å². The largest absolute Gasteiger partial charge is 0.493 e. The van der Waals surface area contributed by atoms with E-state index in [0.29, 0.717) is 50.7 Å². The van der Waals surface area contributed by atoms with Gasteiger partial charge in [0.15, 0.2) is 28.6 Å². The summed E-state index contributed by atoms with van der Waals surface area (Å²) in [5, 5.41) is 0.705. The molecule has 0 saturated heterocycles. The number of esters is 1. The molecule has 0 amide bonds. The Hall–Kier alpha value is -4.92. The van der Waals surface area contributed by atoms with Crippen molar-refractivity contribution in [1.82, 2.24) is 0 Å². The summed E-state index contributed by atoms with van der Waals surface area (Å²) < 4.78 is 38.5. The summed E-state index contributed by atoms with van der Waals surface area (Å²) in [4.78, 5) is 26.0. The van der Waals surface area contributed by atoms with Crippen LogP contribution in [0.3, 0.4) is 0 Å². The van der Waals surface area contributed by atoms with Crippen LogP contribution < -0.4 is 28.4 Å². The van der Waals surface area contributed by atoms with Crippen LogP contribution in [0.25, 0.3) is 17.0 Å². The van der Waals surface area contributed by atoms with E-state index in [2.05, 4.69) is 0 Å². The minimum atomic E-state index is -0.694. The number of hydrogen-bond donors (Lipinski definition) is 0. The van der Waals surface area contributed by atoms with E-state index in [1.54, 1.807) is 55.5 Å². The van der Waals surface area contributed by atoms with E-state index in [9.17, 15) is 9.59 Å². The summed E-state index contributed by atoms with van der Waals surface area (Å²) >= 11 is 0. The highest BCUT2D eigenvalue weighted by Gasteiger charge is 2.31. The molecule has 0 bridgehead atoms. The molecular formula is C29H24O9. The van der Waals surface area contributed by atoms with Crippen LogP contribution in [-0.2, 0) is 0 Å². The second kappa shape index (κ2) is 9.85. The van der Waals surface area contributed by atoms with Crippen molar-refractivity contribution in [3.63, 3.8) is 0 Å². The number of carbonyl (C=O) groups is 2. The van der Waals surface area contributed by atoms with E-state index < -0.39 is 5.97 Å². The van der Waals surface area contributed by atoms with Crippen molar-refractivity contribution in [2.45, 2.75) is 6.92 Å². The molecule has 9 heteroatoms. The minimum Gasteiger partial charge on any atom is -0.493 e. The third kappa shape index (κ3) is 4.28. The van der Waals surface area contributed by atoms with Crippen molar-refractivity contribution in [2.24, 2.45) is 0 Å². The highest BCUT2D eigenvalue weighted by Crippen LogP contribution is 2.41. The average Bonchev–Trinajstić information content (AvgIpc) is 3.49. The summed E-state index contributed by atoms with van der Waals surface area (Å²) in [5.74, 6) is 1.44. The highest BCUT2D eigenvalue weighted by molar-refractivity contribution is 6.15. The van der Waals surface area contributed by atoms with Crippen LogP contribution in [0.15, 0.2) is 58.7 Å². The number of aryl methyl sites for hydroxylation is 1. The third-order valence-corrected chi connectivity index (χ3v) is 6.07. The van der Waals surface area contributed by atoms with E-state index in [1.165, 1.54) is 34.5 Å². The summed E-state index contributed by atoms with van der Waals surface area (Å²) in [6.07, 6.45) is 1.58. The minimum absolute atomic E-state index is 0.0163. The summed E-state index contributed by atoms with van der Waals surface area (Å²) in [6.45, 7) is 1.74. The van der Waals surface area contributed by atoms with Crippen LogP contribution in [0, 0.1) is 6.92 Å². The van der Waals surface area contributed by atoms with E-state index >= 15 is 0 Å². The van der Waals surface area contributed by atoms with Gasteiger partial charge in [0.25, 0.3) is 0 Å². The lowest BCUT2D eigenvalue weighted by Crippen LogP contribution is -2.07. The third-order valence-electron chi connectivity index (χ3n) is 6.07. The molecule has 194 valence electrons. The van der Waals surface area contributed by atoms with Crippen LogP contribution in [0.2, 0.25) is 0 Å². The lowest BCUT2D eigenvalue weighted by atomic mass is 10.0. The molecule has 0 atom stereocenters. The van der Waals surface area contributed by atoms with Crippen LogP contribution in [0.4, 0.5) is 0 Å². The summed E-state index contributed by atoms with van der Waals surface area (Å²) in [7, 11) is 6.05. The average molecular weight is 517 g/mol. The zero-order valence-electron chi connectivity index (χ0n) is 21.4. The Morgan fingerprint density at radius 2 is 1.58 bits per heavy atom. The van der Waals surface area contributed by atoms with Gasteiger partial charge in [-0.25, -0.2) is 4.79 Å². The zero-order chi connectivity index (χ0) is 27.0. The Morgan fingerprint density at radius 1 is 0.868 bits per heavy atom. The maximum atomic E-state index is 13.2. The van der Waals surface area contributed by atoms with Crippen LogP contribution in [0.5, 0.6) is 34.5 Å². The first-order chi connectivity index (χ1) is 18.4. The lowest BCUT2D eigenvalue weighted by molar-refractivity contribution is 0.0703. The van der Waals surface area contributed by atoms with Crippen LogP contribution in [0.1, 0.15) is 32.0 Å². The van der Waals surface area contributed by atoms with Crippen molar-refractivity contribution in [1.29, 1.82) is 0 Å². The maximum absolute atomic E-state index is 13.2. The van der Waals surface area contributed by atoms with Gasteiger partial charge in [0.2, 0.25) is 17.3 Å². The van der Waals surface area contributed by atoms with Crippen LogP contribution in [-0.4, -0.2) is 40.2 Å². The highest BCUT2D eigenvalue weighted by atomic mass is 16.6. The first-order valence-corrected chi connectivity index (χ1v) is 11.5. The molecule has 4 aromatic rings. The standard InChI is InChI=1S/C29H24O9/c1-15-9-18(36-29(31)24-13-17-7-6-8-19(32-2)27(17)38-24)14-20-25(15)26(30)21(37-20)10-16-11-22(33-3)28(35-5)23(12-16)34-4/h6-14H,1-5H3/b21-10-. The number of carbonyl (C=O) groups excluding carboxylic acids is 2. The molecule has 0 fully saturated rings. The molecule has 2 heterocycles. The number of allylic oxidation sites excluding steroid dienone is 1. The van der Waals surface area contributed by atoms with Gasteiger partial charge in [-0.1, -0.05) is 12.1 Å². The molecule has 1 aliphatic rings. The predicted octanol–water partition coefficient (Wildman–Crippen LogP) is 5.61. The summed E-state index contributed by atoms with van der Waals surface area (Å²) in [6, 6.07) is 13.4. The Labute approximate surface area is 218 Å². The number of ketones is 1. The Morgan fingerprint density at radius 3 is 2.24 bits per heavy atom. The van der Waals surface area contributed by atoms with Gasteiger partial charge in [-0.2, -0.15) is 0 Å². The molecule has 0 saturated carbocycles. The van der Waals surface area contributed by atoms with Gasteiger partial charge >= 0.3 is 5.97 Å². The molecular weight excluding hydrogens is 492 g/mol. The van der Waals surface area contributed by atoms with Crippen molar-refractivity contribution in [3.05, 3.63) is 76.7 Å². The number of hydrogen-bond acceptors (Lipinski definition) is 9. The van der Waals surface area contributed by atoms with E-state index in [0.717, 1.165) is 0 Å². The molecule has 0 radical (unpaired) electrons. The molecule has 0 N–H and O–H groups in total. The molecule has 0 aliphatic carbocycles. The molecule has 3 aromatic carbocycles. The van der Waals surface area contributed by atoms with Gasteiger partial charge in [0, 0.05) is 11.5 Å². The van der Waals surface area contributed by atoms with E-state index in [4.69, 9.17) is 32.8 Å². The van der Waals surface area contributed by atoms with Gasteiger partial charge in [-0.05, 0) is 54.5 Å². The van der Waals surface area contributed by atoms with E-state index in [1.807, 2.05) is 0 Å². The number of benzene rings is 3. The molecule has 38 heavy (non-hydrogen) atoms. The zero-order valence-corrected chi connectivity index (χ0v) is 21.4. The molecule has 1 aliphatic heterocycles. The van der Waals surface area contributed by atoms with Gasteiger partial charge in [0.1, 0.15) is 11.5 Å². The lowest BCUT2D eigenvalue weighted by Gasteiger charge is -2.13. The Kier molecular flexibility index (Phi) is 6.42. The Balaban J connectivity index is 1.42. The number of ether oxygens (including phenoxy) is 6. The van der Waals surface area contributed by atoms with Gasteiger partial charge in [-0.3, -0.25) is 4.79 Å². The first-order valence-electron chi connectivity index (χ1n) is 11.5. The van der Waals surface area contributed by atoms with E-state index in [-0.39, 0.29) is 28.8 Å². The van der Waals surface area contributed by atoms with Crippen molar-refractivity contribution >= 4 is 28.8 Å². The number of methoxy groups -OCH3 is 4. The summed E-state index contributed by atoms with van der Waals surface area (Å²) in [5.41, 5.74) is 2.04. The topological polar surface area (TPSA) is 103 Å². The normalized spacial score (nSPS) is 13.3. The van der Waals surface area contributed by atoms with Gasteiger partial charge < -0.3 is 32.8 Å². The van der Waals surface area contributed by atoms with Crippen LogP contribution >= 0.6 is 0 Å². The second-order valence-electron chi connectivity index (χ2n) is 8.39. The molecule has 0 unspecified atom stereocenters. The molecule has 1 aromatic heterocycles. The fourth-order valence-electron chi connectivity index (χ4n) is 4.33. The quantitative estimate of drug-likeness (QED) is 0.176. The van der Waals surface area contributed by atoms with Crippen molar-refractivity contribution in [3.8, 4) is 34.5 Å². The van der Waals surface area contributed by atoms with Crippen molar-refractivity contribution < 1.29 is 42.4 Å². The maximum Gasteiger partial charge on any atom is 0.379 e.